The highest BCUT2D eigenvalue weighted by Crippen LogP contribution is 2.33. The average Bonchev–Trinajstić information content (AvgIpc) is 2.72. The number of aryl methyl sites for hydroxylation is 2. The zero-order chi connectivity index (χ0) is 14.9. The summed E-state index contributed by atoms with van der Waals surface area (Å²) >= 11 is 1.75. The lowest BCUT2D eigenvalue weighted by Gasteiger charge is -2.22. The summed E-state index contributed by atoms with van der Waals surface area (Å²) in [6.07, 6.45) is 1.13. The van der Waals surface area contributed by atoms with Gasteiger partial charge in [0.2, 0.25) is 0 Å². The molecule has 0 bridgehead atoms. The van der Waals surface area contributed by atoms with Crippen molar-refractivity contribution in [3.8, 4) is 0 Å². The molecule has 2 heterocycles. The first-order valence-electron chi connectivity index (χ1n) is 7.12. The van der Waals surface area contributed by atoms with Gasteiger partial charge in [0.25, 0.3) is 0 Å². The Morgan fingerprint density at radius 3 is 2.60 bits per heavy atom. The standard InChI is InChI=1S/C15H24N4S/c1-7-9(2)19(6)8-12-17-14(16-5)13-10(3)11(4)20-15(13)18-12/h9H,7-8H2,1-6H3,(H,16,17,18). The van der Waals surface area contributed by atoms with Crippen LogP contribution < -0.4 is 5.32 Å². The molecule has 0 aliphatic rings. The second-order valence-electron chi connectivity index (χ2n) is 5.37. The van der Waals surface area contributed by atoms with E-state index in [1.807, 2.05) is 7.05 Å². The fraction of sp³-hybridized carbons (Fsp3) is 0.600. The summed E-state index contributed by atoms with van der Waals surface area (Å²) < 4.78 is 0. The molecule has 0 aromatic carbocycles. The van der Waals surface area contributed by atoms with Gasteiger partial charge in [-0.3, -0.25) is 4.90 Å². The molecule has 0 aliphatic heterocycles. The van der Waals surface area contributed by atoms with E-state index in [2.05, 4.69) is 45.0 Å². The van der Waals surface area contributed by atoms with Crippen molar-refractivity contribution in [2.45, 2.75) is 46.7 Å². The number of nitrogens with one attached hydrogen (secondary N) is 1. The topological polar surface area (TPSA) is 41.1 Å². The molecule has 4 nitrogen and oxygen atoms in total. The second-order valence-corrected chi connectivity index (χ2v) is 6.58. The van der Waals surface area contributed by atoms with Crippen LogP contribution in [0.1, 0.15) is 36.5 Å². The van der Waals surface area contributed by atoms with E-state index in [0.29, 0.717) is 6.04 Å². The second kappa shape index (κ2) is 6.06. The van der Waals surface area contributed by atoms with Crippen molar-refractivity contribution in [1.29, 1.82) is 0 Å². The SMILES string of the molecule is CCC(C)N(C)Cc1nc(NC)c2c(C)c(C)sc2n1. The van der Waals surface area contributed by atoms with Gasteiger partial charge in [0.1, 0.15) is 16.5 Å². The molecule has 0 saturated carbocycles. The molecule has 5 heteroatoms. The van der Waals surface area contributed by atoms with Crippen LogP contribution in [0.4, 0.5) is 5.82 Å². The van der Waals surface area contributed by atoms with Crippen molar-refractivity contribution in [1.82, 2.24) is 14.9 Å². The molecular weight excluding hydrogens is 268 g/mol. The van der Waals surface area contributed by atoms with Crippen LogP contribution >= 0.6 is 11.3 Å². The highest BCUT2D eigenvalue weighted by atomic mass is 32.1. The number of fused-ring (bicyclic) bond motifs is 1. The van der Waals surface area contributed by atoms with Crippen molar-refractivity contribution >= 4 is 27.4 Å². The van der Waals surface area contributed by atoms with Crippen LogP contribution in [0, 0.1) is 13.8 Å². The molecule has 2 aromatic rings. The number of hydrogen-bond donors (Lipinski definition) is 1. The molecule has 0 radical (unpaired) electrons. The van der Waals surface area contributed by atoms with E-state index < -0.39 is 0 Å². The van der Waals surface area contributed by atoms with Gasteiger partial charge in [0, 0.05) is 18.0 Å². The van der Waals surface area contributed by atoms with Crippen LogP contribution in [0.5, 0.6) is 0 Å². The Hall–Kier alpha value is -1.20. The van der Waals surface area contributed by atoms with Crippen LogP contribution in [-0.4, -0.2) is 35.0 Å². The molecule has 0 amide bonds. The molecule has 2 rings (SSSR count). The van der Waals surface area contributed by atoms with Crippen molar-refractivity contribution in [2.24, 2.45) is 0 Å². The minimum Gasteiger partial charge on any atom is -0.372 e. The normalized spacial score (nSPS) is 13.2. The summed E-state index contributed by atoms with van der Waals surface area (Å²) in [6.45, 7) is 9.51. The fourth-order valence-corrected chi connectivity index (χ4v) is 3.28. The first-order valence-corrected chi connectivity index (χ1v) is 7.94. The Morgan fingerprint density at radius 1 is 1.30 bits per heavy atom. The Kier molecular flexibility index (Phi) is 4.60. The third-order valence-electron chi connectivity index (χ3n) is 4.05. The van der Waals surface area contributed by atoms with Crippen LogP contribution in [0.15, 0.2) is 0 Å². The molecule has 0 spiro atoms. The third-order valence-corrected chi connectivity index (χ3v) is 5.15. The van der Waals surface area contributed by atoms with Crippen molar-refractivity contribution < 1.29 is 0 Å². The van der Waals surface area contributed by atoms with Crippen molar-refractivity contribution in [2.75, 3.05) is 19.4 Å². The number of nitrogens with zero attached hydrogens (tertiary/aromatic N) is 3. The van der Waals surface area contributed by atoms with Gasteiger partial charge in [-0.1, -0.05) is 6.92 Å². The van der Waals surface area contributed by atoms with Crippen LogP contribution in [0.25, 0.3) is 10.2 Å². The lowest BCUT2D eigenvalue weighted by molar-refractivity contribution is 0.238. The van der Waals surface area contributed by atoms with Gasteiger partial charge in [-0.25, -0.2) is 9.97 Å². The van der Waals surface area contributed by atoms with Gasteiger partial charge < -0.3 is 5.32 Å². The first-order chi connectivity index (χ1) is 9.47. The predicted octanol–water partition coefficient (Wildman–Crippen LogP) is 3.58. The van der Waals surface area contributed by atoms with Gasteiger partial charge >= 0.3 is 0 Å². The Balaban J connectivity index is 2.41. The summed E-state index contributed by atoms with van der Waals surface area (Å²) in [5.74, 6) is 1.84. The lowest BCUT2D eigenvalue weighted by Crippen LogP contribution is -2.28. The maximum atomic E-state index is 4.75. The van der Waals surface area contributed by atoms with E-state index in [-0.39, 0.29) is 0 Å². The van der Waals surface area contributed by atoms with E-state index in [9.17, 15) is 0 Å². The van der Waals surface area contributed by atoms with E-state index in [0.717, 1.165) is 29.4 Å². The molecule has 0 aliphatic carbocycles. The Labute approximate surface area is 125 Å². The number of aromatic nitrogens is 2. The molecule has 2 aromatic heterocycles. The van der Waals surface area contributed by atoms with Gasteiger partial charge in [-0.15, -0.1) is 11.3 Å². The largest absolute Gasteiger partial charge is 0.372 e. The average molecular weight is 292 g/mol. The lowest BCUT2D eigenvalue weighted by atomic mass is 10.2. The summed E-state index contributed by atoms with van der Waals surface area (Å²) in [5, 5.41) is 4.39. The zero-order valence-electron chi connectivity index (χ0n) is 13.2. The summed E-state index contributed by atoms with van der Waals surface area (Å²) in [5.41, 5.74) is 1.29. The number of hydrogen-bond acceptors (Lipinski definition) is 5. The van der Waals surface area contributed by atoms with E-state index >= 15 is 0 Å². The Bertz CT molecular complexity index is 605. The van der Waals surface area contributed by atoms with E-state index in [1.165, 1.54) is 15.8 Å². The number of rotatable bonds is 5. The molecule has 1 unspecified atom stereocenters. The molecule has 20 heavy (non-hydrogen) atoms. The summed E-state index contributed by atoms with van der Waals surface area (Å²) in [7, 11) is 4.06. The van der Waals surface area contributed by atoms with Crippen molar-refractivity contribution in [3.63, 3.8) is 0 Å². The fourth-order valence-electron chi connectivity index (χ4n) is 2.24. The molecular formula is C15H24N4S. The number of thiophene rings is 1. The monoisotopic (exact) mass is 292 g/mol. The van der Waals surface area contributed by atoms with Gasteiger partial charge in [0.15, 0.2) is 0 Å². The number of anilines is 1. The molecule has 110 valence electrons. The van der Waals surface area contributed by atoms with Crippen LogP contribution in [-0.2, 0) is 6.54 Å². The zero-order valence-corrected chi connectivity index (χ0v) is 14.1. The minimum atomic E-state index is 0.541. The molecule has 1 atom stereocenters. The van der Waals surface area contributed by atoms with Crippen LogP contribution in [0.3, 0.4) is 0 Å². The molecule has 0 saturated heterocycles. The maximum Gasteiger partial charge on any atom is 0.146 e. The Morgan fingerprint density at radius 2 is 2.00 bits per heavy atom. The maximum absolute atomic E-state index is 4.75. The highest BCUT2D eigenvalue weighted by molar-refractivity contribution is 7.18. The van der Waals surface area contributed by atoms with Crippen LogP contribution in [0.2, 0.25) is 0 Å². The van der Waals surface area contributed by atoms with E-state index in [4.69, 9.17) is 9.97 Å². The smallest absolute Gasteiger partial charge is 0.146 e. The molecule has 0 fully saturated rings. The third kappa shape index (κ3) is 2.79. The highest BCUT2D eigenvalue weighted by Gasteiger charge is 2.15. The summed E-state index contributed by atoms with van der Waals surface area (Å²) in [6, 6.07) is 0.541. The van der Waals surface area contributed by atoms with Gasteiger partial charge in [0.05, 0.1) is 11.9 Å². The van der Waals surface area contributed by atoms with Gasteiger partial charge in [-0.2, -0.15) is 0 Å². The van der Waals surface area contributed by atoms with E-state index in [1.54, 1.807) is 11.3 Å². The minimum absolute atomic E-state index is 0.541. The predicted molar refractivity (Wildman–Crippen MR) is 87.7 cm³/mol. The van der Waals surface area contributed by atoms with Gasteiger partial charge in [-0.05, 0) is 39.8 Å². The molecule has 1 N–H and O–H groups in total. The van der Waals surface area contributed by atoms with Crippen molar-refractivity contribution in [3.05, 3.63) is 16.3 Å². The summed E-state index contributed by atoms with van der Waals surface area (Å²) in [4.78, 5) is 14.1. The quantitative estimate of drug-likeness (QED) is 0.914. The first kappa shape index (κ1) is 15.2.